The average molecular weight is 324 g/mol. The molecule has 1 aliphatic rings. The van der Waals surface area contributed by atoms with E-state index in [-0.39, 0.29) is 5.91 Å². The first-order valence-electron chi connectivity index (χ1n) is 6.52. The number of likely N-dealkylation sites (tertiary alicyclic amines) is 1. The Balaban J connectivity index is 1.90. The van der Waals surface area contributed by atoms with Gasteiger partial charge in [-0.3, -0.25) is 4.79 Å². The third kappa shape index (κ3) is 4.14. The minimum absolute atomic E-state index is 0.160. The Kier molecular flexibility index (Phi) is 5.10. The van der Waals surface area contributed by atoms with Gasteiger partial charge in [-0.1, -0.05) is 28.9 Å². The smallest absolute Gasteiger partial charge is 0.271 e. The van der Waals surface area contributed by atoms with Gasteiger partial charge in [-0.15, -0.1) is 0 Å². The molecule has 1 fully saturated rings. The van der Waals surface area contributed by atoms with E-state index < -0.39 is 0 Å². The molecule has 1 aromatic rings. The Morgan fingerprint density at radius 1 is 1.42 bits per heavy atom. The van der Waals surface area contributed by atoms with Crippen LogP contribution in [-0.2, 0) is 0 Å². The quantitative estimate of drug-likeness (QED) is 0.869. The fourth-order valence-corrected chi connectivity index (χ4v) is 2.46. The Morgan fingerprint density at radius 2 is 2.16 bits per heavy atom. The summed E-state index contributed by atoms with van der Waals surface area (Å²) in [5, 5.41) is 4.23. The van der Waals surface area contributed by atoms with E-state index in [4.69, 9.17) is 0 Å². The van der Waals surface area contributed by atoms with E-state index >= 15 is 0 Å². The van der Waals surface area contributed by atoms with Crippen molar-refractivity contribution in [3.05, 3.63) is 34.3 Å². The van der Waals surface area contributed by atoms with Crippen LogP contribution in [0.3, 0.4) is 0 Å². The van der Waals surface area contributed by atoms with Gasteiger partial charge in [-0.05, 0) is 24.7 Å². The summed E-state index contributed by atoms with van der Waals surface area (Å²) in [4.78, 5) is 14.3. The first-order valence-corrected chi connectivity index (χ1v) is 7.32. The number of carbonyl (C=O) groups is 1. The molecule has 4 nitrogen and oxygen atoms in total. The second-order valence-electron chi connectivity index (χ2n) is 4.56. The molecule has 19 heavy (non-hydrogen) atoms. The highest BCUT2D eigenvalue weighted by atomic mass is 79.9. The van der Waals surface area contributed by atoms with Crippen LogP contribution in [0.4, 0.5) is 0 Å². The zero-order chi connectivity index (χ0) is 13.7. The number of rotatable bonds is 3. The van der Waals surface area contributed by atoms with E-state index in [0.717, 1.165) is 42.7 Å². The van der Waals surface area contributed by atoms with Crippen molar-refractivity contribution in [2.45, 2.75) is 19.8 Å². The largest absolute Gasteiger partial charge is 0.303 e. The number of carbonyl (C=O) groups excluding carboxylic acids is 1. The molecule has 0 radical (unpaired) electrons. The molecule has 1 aliphatic heterocycles. The highest BCUT2D eigenvalue weighted by molar-refractivity contribution is 9.10. The van der Waals surface area contributed by atoms with Gasteiger partial charge in [-0.25, -0.2) is 5.43 Å². The number of hydrazone groups is 1. The van der Waals surface area contributed by atoms with Gasteiger partial charge in [0.05, 0.1) is 0 Å². The normalized spacial score (nSPS) is 16.2. The van der Waals surface area contributed by atoms with Crippen LogP contribution >= 0.6 is 15.9 Å². The van der Waals surface area contributed by atoms with Crippen LogP contribution in [-0.4, -0.2) is 36.2 Å². The molecule has 0 saturated carbocycles. The summed E-state index contributed by atoms with van der Waals surface area (Å²) in [5.41, 5.74) is 4.33. The lowest BCUT2D eigenvalue weighted by molar-refractivity contribution is 0.0954. The second kappa shape index (κ2) is 6.82. The van der Waals surface area contributed by atoms with E-state index in [1.54, 1.807) is 12.1 Å². The maximum absolute atomic E-state index is 11.9. The molecule has 0 aromatic heterocycles. The van der Waals surface area contributed by atoms with Crippen LogP contribution in [0.25, 0.3) is 0 Å². The molecule has 1 heterocycles. The van der Waals surface area contributed by atoms with E-state index in [1.807, 2.05) is 12.1 Å². The number of piperidine rings is 1. The molecule has 0 aliphatic carbocycles. The van der Waals surface area contributed by atoms with E-state index in [0.29, 0.717) is 5.56 Å². The van der Waals surface area contributed by atoms with Crippen molar-refractivity contribution in [3.8, 4) is 0 Å². The number of hydrogen-bond acceptors (Lipinski definition) is 3. The van der Waals surface area contributed by atoms with Gasteiger partial charge in [0.1, 0.15) is 0 Å². The fraction of sp³-hybridized carbons (Fsp3) is 0.429. The van der Waals surface area contributed by atoms with Gasteiger partial charge >= 0.3 is 0 Å². The lowest BCUT2D eigenvalue weighted by Gasteiger charge is -2.25. The van der Waals surface area contributed by atoms with Crippen molar-refractivity contribution in [1.82, 2.24) is 10.3 Å². The average Bonchev–Trinajstić information content (AvgIpc) is 2.45. The highest BCUT2D eigenvalue weighted by Gasteiger charge is 2.13. The summed E-state index contributed by atoms with van der Waals surface area (Å²) in [5.74, 6) is -0.160. The van der Waals surface area contributed by atoms with Crippen LogP contribution in [0.2, 0.25) is 0 Å². The molecule has 0 unspecified atom stereocenters. The van der Waals surface area contributed by atoms with E-state index in [2.05, 4.69) is 38.3 Å². The fourth-order valence-electron chi connectivity index (χ4n) is 2.06. The molecule has 2 rings (SSSR count). The van der Waals surface area contributed by atoms with E-state index in [9.17, 15) is 4.79 Å². The molecule has 5 heteroatoms. The molecule has 0 atom stereocenters. The van der Waals surface area contributed by atoms with Crippen molar-refractivity contribution in [2.75, 3.05) is 19.6 Å². The van der Waals surface area contributed by atoms with Crippen LogP contribution in [0.1, 0.15) is 30.1 Å². The maximum Gasteiger partial charge on any atom is 0.271 e. The summed E-state index contributed by atoms with van der Waals surface area (Å²) in [7, 11) is 0. The summed E-state index contributed by atoms with van der Waals surface area (Å²) in [6.07, 6.45) is 1.87. The molecule has 1 amide bonds. The summed E-state index contributed by atoms with van der Waals surface area (Å²) < 4.78 is 0.893. The number of hydrogen-bond donors (Lipinski definition) is 1. The van der Waals surface area contributed by atoms with Crippen molar-refractivity contribution < 1.29 is 4.79 Å². The Hall–Kier alpha value is -1.20. The molecule has 1 N–H and O–H groups in total. The van der Waals surface area contributed by atoms with E-state index in [1.165, 1.54) is 0 Å². The molecule has 102 valence electrons. The molecule has 1 aromatic carbocycles. The van der Waals surface area contributed by atoms with Crippen molar-refractivity contribution in [3.63, 3.8) is 0 Å². The number of benzene rings is 1. The van der Waals surface area contributed by atoms with Gasteiger partial charge in [0.25, 0.3) is 5.91 Å². The van der Waals surface area contributed by atoms with Crippen LogP contribution in [0.15, 0.2) is 33.8 Å². The lowest BCUT2D eigenvalue weighted by Crippen LogP contribution is -2.34. The monoisotopic (exact) mass is 323 g/mol. The Morgan fingerprint density at radius 3 is 2.79 bits per heavy atom. The number of nitrogens with one attached hydrogen (secondary N) is 1. The summed E-state index contributed by atoms with van der Waals surface area (Å²) in [6, 6.07) is 7.30. The highest BCUT2D eigenvalue weighted by Crippen LogP contribution is 2.11. The van der Waals surface area contributed by atoms with Gasteiger partial charge in [0, 0.05) is 41.7 Å². The lowest BCUT2D eigenvalue weighted by atomic mass is 10.1. The number of nitrogens with zero attached hydrogens (tertiary/aromatic N) is 2. The van der Waals surface area contributed by atoms with Gasteiger partial charge < -0.3 is 4.90 Å². The van der Waals surface area contributed by atoms with Crippen LogP contribution in [0, 0.1) is 0 Å². The Bertz CT molecular complexity index is 477. The standard InChI is InChI=1S/C14H18BrN3O/c1-2-18-8-6-13(7-9-18)16-17-14(19)11-4-3-5-12(15)10-11/h3-5,10H,2,6-9H2,1H3,(H,17,19). The number of amides is 1. The maximum atomic E-state index is 11.9. The molecular weight excluding hydrogens is 306 g/mol. The van der Waals surface area contributed by atoms with Crippen LogP contribution in [0.5, 0.6) is 0 Å². The van der Waals surface area contributed by atoms with Crippen molar-refractivity contribution in [2.24, 2.45) is 5.10 Å². The zero-order valence-electron chi connectivity index (χ0n) is 11.0. The van der Waals surface area contributed by atoms with Gasteiger partial charge in [0.2, 0.25) is 0 Å². The van der Waals surface area contributed by atoms with Crippen LogP contribution < -0.4 is 5.43 Å². The minimum Gasteiger partial charge on any atom is -0.303 e. The third-order valence-corrected chi connectivity index (χ3v) is 3.78. The summed E-state index contributed by atoms with van der Waals surface area (Å²) in [6.45, 7) is 5.30. The predicted molar refractivity (Wildman–Crippen MR) is 80.4 cm³/mol. The predicted octanol–water partition coefficient (Wildman–Crippen LogP) is 2.65. The zero-order valence-corrected chi connectivity index (χ0v) is 12.6. The second-order valence-corrected chi connectivity index (χ2v) is 5.48. The van der Waals surface area contributed by atoms with Crippen molar-refractivity contribution >= 4 is 27.5 Å². The molecule has 0 spiro atoms. The third-order valence-electron chi connectivity index (χ3n) is 3.28. The molecule has 0 bridgehead atoms. The van der Waals surface area contributed by atoms with Gasteiger partial charge in [-0.2, -0.15) is 5.10 Å². The summed E-state index contributed by atoms with van der Waals surface area (Å²) >= 11 is 3.35. The first kappa shape index (κ1) is 14.2. The number of halogens is 1. The first-order chi connectivity index (χ1) is 9.19. The van der Waals surface area contributed by atoms with Gasteiger partial charge in [0.15, 0.2) is 0 Å². The minimum atomic E-state index is -0.160. The Labute approximate surface area is 122 Å². The SMILES string of the molecule is CCN1CCC(=NNC(=O)c2cccc(Br)c2)CC1. The van der Waals surface area contributed by atoms with Crippen molar-refractivity contribution in [1.29, 1.82) is 0 Å². The topological polar surface area (TPSA) is 44.7 Å². The molecule has 1 saturated heterocycles. The molecular formula is C14H18BrN3O.